The van der Waals surface area contributed by atoms with Gasteiger partial charge in [0.05, 0.1) is 11.8 Å². The Morgan fingerprint density at radius 2 is 2.21 bits per heavy atom. The van der Waals surface area contributed by atoms with Crippen molar-refractivity contribution in [1.29, 1.82) is 0 Å². The molecule has 2 unspecified atom stereocenters. The van der Waals surface area contributed by atoms with Crippen molar-refractivity contribution in [3.63, 3.8) is 0 Å². The van der Waals surface area contributed by atoms with E-state index in [-0.39, 0.29) is 11.5 Å². The summed E-state index contributed by atoms with van der Waals surface area (Å²) >= 11 is 0. The molecule has 3 nitrogen and oxygen atoms in total. The zero-order valence-corrected chi connectivity index (χ0v) is 12.3. The summed E-state index contributed by atoms with van der Waals surface area (Å²) in [5.41, 5.74) is 1.16. The lowest BCUT2D eigenvalue weighted by Gasteiger charge is -2.42. The Bertz CT molecular complexity index is 391. The van der Waals surface area contributed by atoms with Gasteiger partial charge in [0.2, 0.25) is 0 Å². The van der Waals surface area contributed by atoms with Gasteiger partial charge < -0.3 is 10.0 Å². The van der Waals surface area contributed by atoms with E-state index >= 15 is 0 Å². The fourth-order valence-corrected chi connectivity index (χ4v) is 3.19. The van der Waals surface area contributed by atoms with Crippen molar-refractivity contribution in [3.05, 3.63) is 30.1 Å². The third-order valence-electron chi connectivity index (χ3n) is 4.35. The number of pyridine rings is 1. The van der Waals surface area contributed by atoms with Gasteiger partial charge >= 0.3 is 0 Å². The molecule has 1 aliphatic rings. The molecule has 0 bridgehead atoms. The molecule has 1 aromatic heterocycles. The second-order valence-corrected chi connectivity index (χ2v) is 6.60. The normalized spacial score (nSPS) is 26.6. The van der Waals surface area contributed by atoms with E-state index in [1.807, 2.05) is 18.3 Å². The first-order chi connectivity index (χ1) is 8.99. The lowest BCUT2D eigenvalue weighted by Crippen LogP contribution is -2.44. The lowest BCUT2D eigenvalue weighted by atomic mass is 9.69. The SMILES string of the molecule is CN(Cc1ccccn1)CC1CCCC(C)(C)C1O. The molecule has 1 aliphatic carbocycles. The van der Waals surface area contributed by atoms with Crippen LogP contribution in [0.4, 0.5) is 0 Å². The number of aromatic nitrogens is 1. The molecule has 2 rings (SSSR count). The molecule has 2 atom stereocenters. The molecule has 1 saturated carbocycles. The Morgan fingerprint density at radius 1 is 1.42 bits per heavy atom. The molecule has 0 spiro atoms. The molecule has 0 aliphatic heterocycles. The van der Waals surface area contributed by atoms with Crippen molar-refractivity contribution >= 4 is 0 Å². The number of aliphatic hydroxyl groups excluding tert-OH is 1. The van der Waals surface area contributed by atoms with E-state index in [2.05, 4.69) is 36.8 Å². The highest BCUT2D eigenvalue weighted by Gasteiger charge is 2.37. The summed E-state index contributed by atoms with van der Waals surface area (Å²) in [5.74, 6) is 0.387. The molecule has 0 amide bonds. The van der Waals surface area contributed by atoms with Gasteiger partial charge in [-0.05, 0) is 43.4 Å². The Labute approximate surface area is 116 Å². The van der Waals surface area contributed by atoms with Crippen LogP contribution in [-0.2, 0) is 6.54 Å². The van der Waals surface area contributed by atoms with Crippen molar-refractivity contribution in [3.8, 4) is 0 Å². The van der Waals surface area contributed by atoms with E-state index in [1.165, 1.54) is 6.42 Å². The van der Waals surface area contributed by atoms with E-state index in [4.69, 9.17) is 0 Å². The predicted molar refractivity (Wildman–Crippen MR) is 77.7 cm³/mol. The average molecular weight is 262 g/mol. The van der Waals surface area contributed by atoms with Crippen LogP contribution < -0.4 is 0 Å². The summed E-state index contributed by atoms with van der Waals surface area (Å²) in [6.07, 6.45) is 5.15. The van der Waals surface area contributed by atoms with Crippen molar-refractivity contribution in [1.82, 2.24) is 9.88 Å². The third kappa shape index (κ3) is 3.77. The molecule has 106 valence electrons. The smallest absolute Gasteiger partial charge is 0.0631 e. The van der Waals surface area contributed by atoms with E-state index in [9.17, 15) is 5.11 Å². The monoisotopic (exact) mass is 262 g/mol. The molecule has 1 heterocycles. The standard InChI is InChI=1S/C16H26N2O/c1-16(2)9-6-7-13(15(16)19)11-18(3)12-14-8-4-5-10-17-14/h4-5,8,10,13,15,19H,6-7,9,11-12H2,1-3H3. The van der Waals surface area contributed by atoms with Gasteiger partial charge in [-0.2, -0.15) is 0 Å². The lowest BCUT2D eigenvalue weighted by molar-refractivity contribution is -0.0415. The molecule has 19 heavy (non-hydrogen) atoms. The molecule has 0 radical (unpaired) electrons. The van der Waals surface area contributed by atoms with Gasteiger partial charge in [0, 0.05) is 19.3 Å². The molecule has 1 fully saturated rings. The Morgan fingerprint density at radius 3 is 2.89 bits per heavy atom. The summed E-state index contributed by atoms with van der Waals surface area (Å²) in [5, 5.41) is 10.5. The van der Waals surface area contributed by atoms with Crippen LogP contribution >= 0.6 is 0 Å². The Balaban J connectivity index is 1.90. The topological polar surface area (TPSA) is 36.4 Å². The van der Waals surface area contributed by atoms with Crippen LogP contribution in [0, 0.1) is 11.3 Å². The number of hydrogen-bond acceptors (Lipinski definition) is 3. The first-order valence-corrected chi connectivity index (χ1v) is 7.25. The van der Waals surface area contributed by atoms with E-state index < -0.39 is 0 Å². The van der Waals surface area contributed by atoms with Crippen molar-refractivity contribution in [2.24, 2.45) is 11.3 Å². The molecule has 1 N–H and O–H groups in total. The third-order valence-corrected chi connectivity index (χ3v) is 4.35. The van der Waals surface area contributed by atoms with Gasteiger partial charge in [-0.3, -0.25) is 4.98 Å². The maximum absolute atomic E-state index is 10.5. The molecule has 0 saturated heterocycles. The molecular weight excluding hydrogens is 236 g/mol. The second kappa shape index (κ2) is 6.02. The quantitative estimate of drug-likeness (QED) is 0.906. The zero-order chi connectivity index (χ0) is 13.9. The van der Waals surface area contributed by atoms with Crippen LogP contribution in [0.15, 0.2) is 24.4 Å². The maximum Gasteiger partial charge on any atom is 0.0631 e. The fraction of sp³-hybridized carbons (Fsp3) is 0.688. The number of aliphatic hydroxyl groups is 1. The highest BCUT2D eigenvalue weighted by atomic mass is 16.3. The Hall–Kier alpha value is -0.930. The minimum absolute atomic E-state index is 0.0642. The largest absolute Gasteiger partial charge is 0.392 e. The molecule has 3 heteroatoms. The number of rotatable bonds is 4. The van der Waals surface area contributed by atoms with Crippen molar-refractivity contribution in [2.45, 2.75) is 45.8 Å². The van der Waals surface area contributed by atoms with Gasteiger partial charge in [0.1, 0.15) is 0 Å². The van der Waals surface area contributed by atoms with Gasteiger partial charge in [0.25, 0.3) is 0 Å². The van der Waals surface area contributed by atoms with Crippen LogP contribution in [-0.4, -0.2) is 34.7 Å². The zero-order valence-electron chi connectivity index (χ0n) is 12.3. The van der Waals surface area contributed by atoms with Gasteiger partial charge in [-0.1, -0.05) is 26.3 Å². The Kier molecular flexibility index (Phi) is 4.58. The van der Waals surface area contributed by atoms with Crippen molar-refractivity contribution < 1.29 is 5.11 Å². The van der Waals surface area contributed by atoms with Gasteiger partial charge in [-0.15, -0.1) is 0 Å². The minimum atomic E-state index is -0.188. The molecule has 0 aromatic carbocycles. The van der Waals surface area contributed by atoms with Crippen LogP contribution in [0.2, 0.25) is 0 Å². The average Bonchev–Trinajstić information content (AvgIpc) is 2.36. The second-order valence-electron chi connectivity index (χ2n) is 6.60. The summed E-state index contributed by atoms with van der Waals surface area (Å²) in [6, 6.07) is 6.02. The van der Waals surface area contributed by atoms with Crippen LogP contribution in [0.5, 0.6) is 0 Å². The van der Waals surface area contributed by atoms with Crippen LogP contribution in [0.25, 0.3) is 0 Å². The first kappa shape index (κ1) is 14.5. The molecular formula is C16H26N2O. The maximum atomic E-state index is 10.5. The van der Waals surface area contributed by atoms with Crippen molar-refractivity contribution in [2.75, 3.05) is 13.6 Å². The highest BCUT2D eigenvalue weighted by molar-refractivity contribution is 5.03. The number of hydrogen-bond donors (Lipinski definition) is 1. The summed E-state index contributed by atoms with van der Waals surface area (Å²) in [6.45, 7) is 6.16. The summed E-state index contributed by atoms with van der Waals surface area (Å²) < 4.78 is 0. The van der Waals surface area contributed by atoms with Gasteiger partial charge in [0.15, 0.2) is 0 Å². The minimum Gasteiger partial charge on any atom is -0.392 e. The first-order valence-electron chi connectivity index (χ1n) is 7.25. The molecule has 1 aromatic rings. The highest BCUT2D eigenvalue weighted by Crippen LogP contribution is 2.39. The summed E-state index contributed by atoms with van der Waals surface area (Å²) in [7, 11) is 2.11. The van der Waals surface area contributed by atoms with E-state index in [0.717, 1.165) is 31.6 Å². The van der Waals surface area contributed by atoms with Gasteiger partial charge in [-0.25, -0.2) is 0 Å². The summed E-state index contributed by atoms with van der Waals surface area (Å²) in [4.78, 5) is 6.63. The fourth-order valence-electron chi connectivity index (χ4n) is 3.19. The van der Waals surface area contributed by atoms with E-state index in [1.54, 1.807) is 0 Å². The van der Waals surface area contributed by atoms with E-state index in [0.29, 0.717) is 5.92 Å². The predicted octanol–water partition coefficient (Wildman–Crippen LogP) is 2.70. The van der Waals surface area contributed by atoms with Crippen LogP contribution in [0.1, 0.15) is 38.8 Å². The number of nitrogens with zero attached hydrogens (tertiary/aromatic N) is 2. The van der Waals surface area contributed by atoms with Crippen LogP contribution in [0.3, 0.4) is 0 Å².